The highest BCUT2D eigenvalue weighted by Gasteiger charge is 2.24. The molecule has 0 saturated heterocycles. The molecule has 2 heteroatoms. The van der Waals surface area contributed by atoms with Crippen molar-refractivity contribution in [3.8, 4) is 0 Å². The summed E-state index contributed by atoms with van der Waals surface area (Å²) in [5, 5.41) is 10.9. The summed E-state index contributed by atoms with van der Waals surface area (Å²) >= 11 is 0. The largest absolute Gasteiger partial charge is 0.550 e. The van der Waals surface area contributed by atoms with E-state index in [0.29, 0.717) is 5.92 Å². The second-order valence-electron chi connectivity index (χ2n) is 4.26. The van der Waals surface area contributed by atoms with Crippen LogP contribution in [-0.2, 0) is 4.79 Å². The summed E-state index contributed by atoms with van der Waals surface area (Å²) in [4.78, 5) is 10.9. The molecule has 0 radical (unpaired) electrons. The second kappa shape index (κ2) is 4.12. The Labute approximate surface area is 95.6 Å². The third kappa shape index (κ3) is 1.64. The number of benzene rings is 1. The van der Waals surface area contributed by atoms with Crippen LogP contribution in [0, 0.1) is 5.92 Å². The van der Waals surface area contributed by atoms with Gasteiger partial charge in [0.05, 0.1) is 0 Å². The molecule has 0 saturated carbocycles. The second-order valence-corrected chi connectivity index (χ2v) is 4.26. The van der Waals surface area contributed by atoms with E-state index in [1.165, 1.54) is 5.56 Å². The minimum Gasteiger partial charge on any atom is -0.550 e. The van der Waals surface area contributed by atoms with Crippen LogP contribution in [0.5, 0.6) is 0 Å². The molecule has 2 nitrogen and oxygen atoms in total. The monoisotopic (exact) mass is 215 g/mol. The van der Waals surface area contributed by atoms with E-state index in [-0.39, 0.29) is 0 Å². The van der Waals surface area contributed by atoms with Crippen molar-refractivity contribution in [2.24, 2.45) is 5.92 Å². The van der Waals surface area contributed by atoms with Gasteiger partial charge in [0.25, 0.3) is 0 Å². The van der Waals surface area contributed by atoms with Crippen LogP contribution in [0.25, 0.3) is 5.57 Å². The summed E-state index contributed by atoms with van der Waals surface area (Å²) in [6.45, 7) is 3.81. The molecule has 0 amide bonds. The fourth-order valence-corrected chi connectivity index (χ4v) is 2.32. The van der Waals surface area contributed by atoms with Crippen LogP contribution in [0.3, 0.4) is 0 Å². The van der Waals surface area contributed by atoms with Gasteiger partial charge in [-0.1, -0.05) is 44.2 Å². The highest BCUT2D eigenvalue weighted by Crippen LogP contribution is 2.40. The fourth-order valence-electron chi connectivity index (χ4n) is 2.32. The van der Waals surface area contributed by atoms with E-state index in [2.05, 4.69) is 19.1 Å². The van der Waals surface area contributed by atoms with Gasteiger partial charge in [0.15, 0.2) is 0 Å². The van der Waals surface area contributed by atoms with Gasteiger partial charge in [-0.15, -0.1) is 0 Å². The minimum absolute atomic E-state index is 0.355. The molecule has 16 heavy (non-hydrogen) atoms. The van der Waals surface area contributed by atoms with Crippen molar-refractivity contribution in [3.63, 3.8) is 0 Å². The highest BCUT2D eigenvalue weighted by molar-refractivity contribution is 5.89. The Balaban J connectivity index is 2.45. The van der Waals surface area contributed by atoms with Gasteiger partial charge in [0.2, 0.25) is 0 Å². The van der Waals surface area contributed by atoms with Crippen molar-refractivity contribution in [2.75, 3.05) is 0 Å². The van der Waals surface area contributed by atoms with Gasteiger partial charge in [-0.05, 0) is 23.1 Å². The molecule has 1 aromatic rings. The van der Waals surface area contributed by atoms with Crippen LogP contribution in [0.2, 0.25) is 0 Å². The summed E-state index contributed by atoms with van der Waals surface area (Å²) in [5.74, 6) is -1.18. The van der Waals surface area contributed by atoms with Crippen LogP contribution in [-0.4, -0.2) is 5.97 Å². The molecule has 0 aromatic heterocycles. The van der Waals surface area contributed by atoms with Gasteiger partial charge >= 0.3 is 0 Å². The van der Waals surface area contributed by atoms with E-state index in [9.17, 15) is 9.90 Å². The molecule has 1 aliphatic carbocycles. The zero-order valence-corrected chi connectivity index (χ0v) is 9.57. The predicted octanol–water partition coefficient (Wildman–Crippen LogP) is 1.96. The molecule has 1 aliphatic rings. The van der Waals surface area contributed by atoms with E-state index < -0.39 is 11.9 Å². The molecule has 0 heterocycles. The maximum atomic E-state index is 10.9. The molecule has 0 fully saturated rings. The lowest BCUT2D eigenvalue weighted by atomic mass is 9.95. The van der Waals surface area contributed by atoms with Crippen LogP contribution in [0.4, 0.5) is 0 Å². The zero-order chi connectivity index (χ0) is 11.7. The first-order chi connectivity index (χ1) is 7.65. The van der Waals surface area contributed by atoms with E-state index in [1.807, 2.05) is 18.2 Å². The molecule has 0 bridgehead atoms. The van der Waals surface area contributed by atoms with Crippen molar-refractivity contribution in [2.45, 2.75) is 26.2 Å². The smallest absolute Gasteiger partial charge is 0.0486 e. The third-order valence-electron chi connectivity index (χ3n) is 3.31. The number of carboxylic acid groups (broad SMARTS) is 1. The van der Waals surface area contributed by atoms with Crippen molar-refractivity contribution >= 4 is 11.5 Å². The average Bonchev–Trinajstić information content (AvgIpc) is 2.66. The van der Waals surface area contributed by atoms with Gasteiger partial charge < -0.3 is 9.90 Å². The third-order valence-corrected chi connectivity index (χ3v) is 3.31. The van der Waals surface area contributed by atoms with Crippen molar-refractivity contribution in [1.82, 2.24) is 0 Å². The van der Waals surface area contributed by atoms with Crippen LogP contribution in [0.15, 0.2) is 30.3 Å². The number of hydrogen-bond acceptors (Lipinski definition) is 2. The predicted molar refractivity (Wildman–Crippen MR) is 61.6 cm³/mol. The molecule has 84 valence electrons. The molecule has 2 unspecified atom stereocenters. The topological polar surface area (TPSA) is 40.1 Å². The average molecular weight is 215 g/mol. The van der Waals surface area contributed by atoms with Crippen molar-refractivity contribution < 1.29 is 9.90 Å². The van der Waals surface area contributed by atoms with Crippen LogP contribution >= 0.6 is 0 Å². The lowest BCUT2D eigenvalue weighted by Crippen LogP contribution is -2.29. The Hall–Kier alpha value is -1.57. The molecule has 1 aromatic carbocycles. The Morgan fingerprint density at radius 2 is 2.12 bits per heavy atom. The Morgan fingerprint density at radius 3 is 2.75 bits per heavy atom. The first kappa shape index (κ1) is 10.9. The van der Waals surface area contributed by atoms with Gasteiger partial charge in [-0.25, -0.2) is 0 Å². The summed E-state index contributed by atoms with van der Waals surface area (Å²) in [6, 6.07) is 8.03. The molecule has 0 N–H and O–H groups in total. The van der Waals surface area contributed by atoms with Gasteiger partial charge in [0, 0.05) is 17.8 Å². The first-order valence-electron chi connectivity index (χ1n) is 5.67. The van der Waals surface area contributed by atoms with E-state index in [0.717, 1.165) is 17.6 Å². The number of aliphatic carboxylic acids is 1. The maximum absolute atomic E-state index is 10.9. The summed E-state index contributed by atoms with van der Waals surface area (Å²) < 4.78 is 0. The zero-order valence-electron chi connectivity index (χ0n) is 9.57. The van der Waals surface area contributed by atoms with Crippen molar-refractivity contribution in [1.29, 1.82) is 0 Å². The van der Waals surface area contributed by atoms with E-state index >= 15 is 0 Å². The van der Waals surface area contributed by atoms with Crippen LogP contribution in [0.1, 0.15) is 37.3 Å². The summed E-state index contributed by atoms with van der Waals surface area (Å²) in [6.07, 6.45) is 3.07. The molecular weight excluding hydrogens is 200 g/mol. The number of fused-ring (bicyclic) bond motifs is 1. The Morgan fingerprint density at radius 1 is 1.44 bits per heavy atom. The minimum atomic E-state index is -1.00. The normalized spacial score (nSPS) is 20.1. The Bertz CT molecular complexity index is 446. The van der Waals surface area contributed by atoms with E-state index in [4.69, 9.17) is 0 Å². The lowest BCUT2D eigenvalue weighted by molar-refractivity contribution is -0.308. The molecular formula is C14H15O2-. The van der Waals surface area contributed by atoms with Gasteiger partial charge in [-0.3, -0.25) is 0 Å². The van der Waals surface area contributed by atoms with Crippen molar-refractivity contribution in [3.05, 3.63) is 41.5 Å². The lowest BCUT2D eigenvalue weighted by Gasteiger charge is -2.15. The fraction of sp³-hybridized carbons (Fsp3) is 0.357. The summed E-state index contributed by atoms with van der Waals surface area (Å²) in [7, 11) is 0. The SMILES string of the molecule is CCC1C=C(C(C)C(=O)[O-])c2ccccc21. The summed E-state index contributed by atoms with van der Waals surface area (Å²) in [5.41, 5.74) is 3.22. The standard InChI is InChI=1S/C14H16O2/c1-3-10-8-13(9(2)14(15)16)12-7-5-4-6-11(10)12/h4-10H,3H2,1-2H3,(H,15,16)/p-1. The highest BCUT2D eigenvalue weighted by atomic mass is 16.4. The maximum Gasteiger partial charge on any atom is 0.0486 e. The molecule has 2 atom stereocenters. The number of hydrogen-bond donors (Lipinski definition) is 0. The Kier molecular flexibility index (Phi) is 2.82. The number of carbonyl (C=O) groups excluding carboxylic acids is 1. The van der Waals surface area contributed by atoms with Crippen LogP contribution < -0.4 is 5.11 Å². The number of carbonyl (C=O) groups is 1. The quantitative estimate of drug-likeness (QED) is 0.773. The molecule has 0 aliphatic heterocycles. The van der Waals surface area contributed by atoms with E-state index in [1.54, 1.807) is 6.92 Å². The molecule has 2 rings (SSSR count). The van der Waals surface area contributed by atoms with Gasteiger partial charge in [-0.2, -0.15) is 0 Å². The first-order valence-corrected chi connectivity index (χ1v) is 5.67. The molecule has 0 spiro atoms. The number of rotatable bonds is 3. The number of carboxylic acids is 1. The number of allylic oxidation sites excluding steroid dienone is 1. The van der Waals surface area contributed by atoms with Gasteiger partial charge in [0.1, 0.15) is 0 Å².